The van der Waals surface area contributed by atoms with E-state index in [0.29, 0.717) is 0 Å². The van der Waals surface area contributed by atoms with Crippen LogP contribution in [0.1, 0.15) is 20.8 Å². The van der Waals surface area contributed by atoms with E-state index in [0.717, 1.165) is 0 Å². The quantitative estimate of drug-likeness (QED) is 0.655. The van der Waals surface area contributed by atoms with Crippen molar-refractivity contribution < 1.29 is 13.9 Å². The van der Waals surface area contributed by atoms with Gasteiger partial charge in [-0.1, -0.05) is 20.8 Å². The summed E-state index contributed by atoms with van der Waals surface area (Å²) in [6.45, 7) is 4.35. The van der Waals surface area contributed by atoms with Crippen molar-refractivity contribution in [2.24, 2.45) is 11.3 Å². The standard InChI is InChI=1S/C7H14F2O/c1-5(4-10)7(2,3)6(8)9/h5-6,10H,4H2,1-3H3/t5-/m1/s1. The van der Waals surface area contributed by atoms with Crippen molar-refractivity contribution in [3.05, 3.63) is 0 Å². The van der Waals surface area contributed by atoms with Crippen LogP contribution in [-0.2, 0) is 0 Å². The summed E-state index contributed by atoms with van der Waals surface area (Å²) in [6.07, 6.45) is -2.37. The van der Waals surface area contributed by atoms with E-state index in [2.05, 4.69) is 0 Å². The first-order valence-electron chi connectivity index (χ1n) is 3.32. The smallest absolute Gasteiger partial charge is 0.243 e. The van der Waals surface area contributed by atoms with Gasteiger partial charge in [0.05, 0.1) is 0 Å². The summed E-state index contributed by atoms with van der Waals surface area (Å²) in [5.41, 5.74) is -1.07. The molecule has 0 aromatic rings. The van der Waals surface area contributed by atoms with Crippen molar-refractivity contribution in [3.8, 4) is 0 Å². The summed E-state index contributed by atoms with van der Waals surface area (Å²) in [5, 5.41) is 8.59. The van der Waals surface area contributed by atoms with E-state index < -0.39 is 11.8 Å². The lowest BCUT2D eigenvalue weighted by molar-refractivity contribution is -0.0318. The van der Waals surface area contributed by atoms with Gasteiger partial charge in [-0.15, -0.1) is 0 Å². The summed E-state index contributed by atoms with van der Waals surface area (Å²) >= 11 is 0. The van der Waals surface area contributed by atoms with Gasteiger partial charge in [0.25, 0.3) is 0 Å². The van der Waals surface area contributed by atoms with Crippen LogP contribution in [0, 0.1) is 11.3 Å². The van der Waals surface area contributed by atoms with E-state index in [1.807, 2.05) is 0 Å². The molecule has 0 aliphatic heterocycles. The summed E-state index contributed by atoms with van der Waals surface area (Å²) in [6, 6.07) is 0. The van der Waals surface area contributed by atoms with E-state index in [4.69, 9.17) is 5.11 Å². The van der Waals surface area contributed by atoms with Gasteiger partial charge in [-0.3, -0.25) is 0 Å². The molecule has 0 amide bonds. The van der Waals surface area contributed by atoms with Crippen molar-refractivity contribution in [3.63, 3.8) is 0 Å². The monoisotopic (exact) mass is 152 g/mol. The van der Waals surface area contributed by atoms with E-state index in [1.54, 1.807) is 6.92 Å². The fourth-order valence-corrected chi connectivity index (χ4v) is 0.450. The summed E-state index contributed by atoms with van der Waals surface area (Å²) in [7, 11) is 0. The Kier molecular flexibility index (Phi) is 3.22. The van der Waals surface area contributed by atoms with Crippen molar-refractivity contribution in [2.75, 3.05) is 6.61 Å². The van der Waals surface area contributed by atoms with Gasteiger partial charge in [0.15, 0.2) is 0 Å². The van der Waals surface area contributed by atoms with Crippen LogP contribution in [0.25, 0.3) is 0 Å². The molecule has 0 aliphatic carbocycles. The van der Waals surface area contributed by atoms with Crippen LogP contribution in [0.3, 0.4) is 0 Å². The summed E-state index contributed by atoms with van der Waals surface area (Å²) in [4.78, 5) is 0. The Hall–Kier alpha value is -0.180. The molecule has 0 fully saturated rings. The number of hydrogen-bond donors (Lipinski definition) is 1. The van der Waals surface area contributed by atoms with Gasteiger partial charge in [0.1, 0.15) is 0 Å². The number of halogens is 2. The summed E-state index contributed by atoms with van der Waals surface area (Å²) in [5.74, 6) is -0.354. The predicted octanol–water partition coefficient (Wildman–Crippen LogP) is 1.91. The second kappa shape index (κ2) is 3.28. The largest absolute Gasteiger partial charge is 0.396 e. The topological polar surface area (TPSA) is 20.2 Å². The minimum absolute atomic E-state index is 0.183. The average molecular weight is 152 g/mol. The van der Waals surface area contributed by atoms with E-state index in [9.17, 15) is 8.78 Å². The number of alkyl halides is 2. The number of hydrogen-bond acceptors (Lipinski definition) is 1. The number of aliphatic hydroxyl groups excluding tert-OH is 1. The van der Waals surface area contributed by atoms with Gasteiger partial charge in [0.2, 0.25) is 6.43 Å². The first-order chi connectivity index (χ1) is 4.42. The lowest BCUT2D eigenvalue weighted by atomic mass is 9.81. The molecular weight excluding hydrogens is 138 g/mol. The minimum Gasteiger partial charge on any atom is -0.396 e. The molecule has 10 heavy (non-hydrogen) atoms. The molecule has 0 unspecified atom stereocenters. The Morgan fingerprint density at radius 1 is 1.40 bits per heavy atom. The molecule has 0 saturated heterocycles. The molecule has 3 heteroatoms. The Morgan fingerprint density at radius 2 is 1.80 bits per heavy atom. The fraction of sp³-hybridized carbons (Fsp3) is 1.00. The maximum atomic E-state index is 12.1. The molecule has 0 spiro atoms. The lowest BCUT2D eigenvalue weighted by Gasteiger charge is -2.29. The Morgan fingerprint density at radius 3 is 1.90 bits per heavy atom. The zero-order chi connectivity index (χ0) is 8.36. The molecule has 1 N–H and O–H groups in total. The molecule has 0 aliphatic rings. The third kappa shape index (κ3) is 1.90. The second-order valence-electron chi connectivity index (χ2n) is 3.21. The molecule has 62 valence electrons. The maximum absolute atomic E-state index is 12.1. The van der Waals surface area contributed by atoms with Crippen molar-refractivity contribution in [1.29, 1.82) is 0 Å². The number of aliphatic hydroxyl groups is 1. The lowest BCUT2D eigenvalue weighted by Crippen LogP contribution is -2.31. The minimum atomic E-state index is -2.37. The van der Waals surface area contributed by atoms with Crippen LogP contribution in [0.4, 0.5) is 8.78 Å². The SMILES string of the molecule is C[C@H](CO)C(C)(C)C(F)F. The van der Waals surface area contributed by atoms with Gasteiger partial charge in [-0.05, 0) is 5.92 Å². The first-order valence-corrected chi connectivity index (χ1v) is 3.32. The highest BCUT2D eigenvalue weighted by molar-refractivity contribution is 4.76. The van der Waals surface area contributed by atoms with Gasteiger partial charge in [-0.25, -0.2) is 8.78 Å². The van der Waals surface area contributed by atoms with Gasteiger partial charge < -0.3 is 5.11 Å². The Bertz CT molecular complexity index is 102. The van der Waals surface area contributed by atoms with Crippen molar-refractivity contribution in [1.82, 2.24) is 0 Å². The van der Waals surface area contributed by atoms with Crippen LogP contribution < -0.4 is 0 Å². The van der Waals surface area contributed by atoms with Gasteiger partial charge in [0, 0.05) is 12.0 Å². The van der Waals surface area contributed by atoms with E-state index in [1.165, 1.54) is 13.8 Å². The highest BCUT2D eigenvalue weighted by Crippen LogP contribution is 2.32. The van der Waals surface area contributed by atoms with Crippen molar-refractivity contribution in [2.45, 2.75) is 27.2 Å². The molecule has 1 atom stereocenters. The fourth-order valence-electron chi connectivity index (χ4n) is 0.450. The van der Waals surface area contributed by atoms with E-state index >= 15 is 0 Å². The predicted molar refractivity (Wildman–Crippen MR) is 36.0 cm³/mol. The van der Waals surface area contributed by atoms with Crippen LogP contribution in [0.5, 0.6) is 0 Å². The third-order valence-electron chi connectivity index (χ3n) is 2.11. The number of rotatable bonds is 3. The Labute approximate surface area is 60.1 Å². The highest BCUT2D eigenvalue weighted by Gasteiger charge is 2.34. The average Bonchev–Trinajstić information content (AvgIpc) is 1.86. The van der Waals surface area contributed by atoms with Crippen LogP contribution in [-0.4, -0.2) is 18.1 Å². The van der Waals surface area contributed by atoms with Crippen molar-refractivity contribution >= 4 is 0 Å². The molecule has 0 aromatic carbocycles. The zero-order valence-electron chi connectivity index (χ0n) is 6.56. The Balaban J connectivity index is 4.09. The molecule has 0 aromatic heterocycles. The van der Waals surface area contributed by atoms with Crippen LogP contribution in [0.2, 0.25) is 0 Å². The van der Waals surface area contributed by atoms with E-state index in [-0.39, 0.29) is 12.5 Å². The molecule has 0 saturated carbocycles. The molecule has 0 radical (unpaired) electrons. The van der Waals surface area contributed by atoms with Crippen LogP contribution in [0.15, 0.2) is 0 Å². The highest BCUT2D eigenvalue weighted by atomic mass is 19.3. The molecule has 1 nitrogen and oxygen atoms in total. The second-order valence-corrected chi connectivity index (χ2v) is 3.21. The summed E-state index contributed by atoms with van der Waals surface area (Å²) < 4.78 is 24.3. The third-order valence-corrected chi connectivity index (χ3v) is 2.11. The zero-order valence-corrected chi connectivity index (χ0v) is 6.56. The van der Waals surface area contributed by atoms with Crippen LogP contribution >= 0.6 is 0 Å². The molecule has 0 rings (SSSR count). The van der Waals surface area contributed by atoms with Gasteiger partial charge >= 0.3 is 0 Å². The maximum Gasteiger partial charge on any atom is 0.243 e. The van der Waals surface area contributed by atoms with Gasteiger partial charge in [-0.2, -0.15) is 0 Å². The normalized spacial score (nSPS) is 15.9. The first kappa shape index (κ1) is 9.82. The molecule has 0 bridgehead atoms. The molecule has 0 heterocycles. The molecular formula is C7H14F2O.